The lowest BCUT2D eigenvalue weighted by Gasteiger charge is -2.22. The molecular weight excluding hydrogens is 428 g/mol. The van der Waals surface area contributed by atoms with Crippen molar-refractivity contribution in [3.63, 3.8) is 0 Å². The minimum absolute atomic E-state index is 0.778. The average molecular weight is 451 g/mol. The van der Waals surface area contributed by atoms with Crippen LogP contribution in [0.1, 0.15) is 32.6 Å². The molecule has 1 aliphatic heterocycles. The van der Waals surface area contributed by atoms with Crippen molar-refractivity contribution in [1.29, 1.82) is 0 Å². The van der Waals surface area contributed by atoms with E-state index in [0.717, 1.165) is 4.13 Å². The Morgan fingerprint density at radius 3 is 1.74 bits per heavy atom. The number of nitrogens with zero attached hydrogens (tertiary/aromatic N) is 2. The number of hydrogen-bond donors (Lipinski definition) is 1. The second kappa shape index (κ2) is 10.2. The van der Waals surface area contributed by atoms with Crippen LogP contribution in [0, 0.1) is 0 Å². The fraction of sp³-hybridized carbons (Fsp3) is 1.00. The molecule has 0 radical (unpaired) electrons. The zero-order valence-corrected chi connectivity index (χ0v) is 16.4. The molecule has 1 aliphatic rings. The summed E-state index contributed by atoms with van der Waals surface area (Å²) in [5, 5.41) is 0. The Bertz CT molecular complexity index is 607. The molecule has 0 amide bonds. The van der Waals surface area contributed by atoms with Crippen LogP contribution in [0.5, 0.6) is 0 Å². The first-order valence-corrected chi connectivity index (χ1v) is 10.8. The first kappa shape index (κ1) is 26.4. The Morgan fingerprint density at radius 1 is 0.926 bits per heavy atom. The van der Waals surface area contributed by atoms with E-state index in [2.05, 4.69) is 18.9 Å². The summed E-state index contributed by atoms with van der Waals surface area (Å²) in [5.41, 5.74) is -12.4. The molecule has 164 valence electrons. The average Bonchev–Trinajstić information content (AvgIpc) is 2.86. The van der Waals surface area contributed by atoms with Crippen LogP contribution in [-0.4, -0.2) is 66.1 Å². The first-order chi connectivity index (χ1) is 12.0. The predicted octanol–water partition coefficient (Wildman–Crippen LogP) is 1.41. The number of halogens is 6. The lowest BCUT2D eigenvalue weighted by molar-refractivity contribution is -0.891. The van der Waals surface area contributed by atoms with Crippen LogP contribution in [0.15, 0.2) is 0 Å². The van der Waals surface area contributed by atoms with Crippen molar-refractivity contribution in [1.82, 2.24) is 4.90 Å². The van der Waals surface area contributed by atoms with Gasteiger partial charge in [-0.3, -0.25) is 4.90 Å². The zero-order chi connectivity index (χ0) is 21.5. The molecule has 0 bridgehead atoms. The van der Waals surface area contributed by atoms with Gasteiger partial charge in [-0.2, -0.15) is 26.3 Å². The van der Waals surface area contributed by atoms with E-state index in [4.69, 9.17) is 0 Å². The third-order valence-electron chi connectivity index (χ3n) is 3.51. The maximum atomic E-state index is 11.4. The molecule has 0 spiro atoms. The summed E-state index contributed by atoms with van der Waals surface area (Å²) in [6, 6.07) is 0. The smallest absolute Gasteiger partial charge is 0.421 e. The second-order valence-corrected chi connectivity index (χ2v) is 9.39. The second-order valence-electron chi connectivity index (χ2n) is 5.96. The van der Waals surface area contributed by atoms with Crippen molar-refractivity contribution >= 4 is 20.0 Å². The maximum absolute atomic E-state index is 11.4. The van der Waals surface area contributed by atoms with Gasteiger partial charge < -0.3 is 9.03 Å². The van der Waals surface area contributed by atoms with Crippen molar-refractivity contribution in [3.8, 4) is 0 Å². The van der Waals surface area contributed by atoms with E-state index in [-0.39, 0.29) is 0 Å². The summed E-state index contributed by atoms with van der Waals surface area (Å²) in [7, 11) is -11.2. The quantitative estimate of drug-likeness (QED) is 0.467. The number of nitrogens with one attached hydrogen (secondary N) is 1. The van der Waals surface area contributed by atoms with Gasteiger partial charge in [-0.25, -0.2) is 16.8 Å². The number of likely N-dealkylation sites (N-methyl/N-ethyl adjacent to an activating group) is 1. The predicted molar refractivity (Wildman–Crippen MR) is 85.6 cm³/mol. The molecule has 1 unspecified atom stereocenters. The number of sulfonamides is 2. The highest BCUT2D eigenvalue weighted by Crippen LogP contribution is 2.36. The summed E-state index contributed by atoms with van der Waals surface area (Å²) in [4.78, 5) is 4.21. The molecule has 0 aromatic heterocycles. The maximum Gasteiger partial charge on any atom is 0.480 e. The van der Waals surface area contributed by atoms with Gasteiger partial charge in [-0.05, 0) is 19.9 Å². The van der Waals surface area contributed by atoms with E-state index in [0.29, 0.717) is 0 Å². The lowest BCUT2D eigenvalue weighted by atomic mass is 10.2. The molecule has 0 saturated carbocycles. The Morgan fingerprint density at radius 2 is 1.41 bits per heavy atom. The molecule has 1 N–H and O–H groups in total. The molecule has 7 nitrogen and oxygen atoms in total. The summed E-state index contributed by atoms with van der Waals surface area (Å²) in [5.74, 6) is 0. The van der Waals surface area contributed by atoms with E-state index < -0.39 is 31.1 Å². The molecule has 1 fully saturated rings. The molecule has 1 atom stereocenters. The van der Waals surface area contributed by atoms with Crippen molar-refractivity contribution in [2.75, 3.05) is 33.4 Å². The highest BCUT2D eigenvalue weighted by molar-refractivity contribution is 8.13. The fourth-order valence-electron chi connectivity index (χ4n) is 2.11. The lowest BCUT2D eigenvalue weighted by Crippen LogP contribution is -3.10. The molecule has 27 heavy (non-hydrogen) atoms. The number of alkyl halides is 6. The minimum Gasteiger partial charge on any atom is -0.421 e. The van der Waals surface area contributed by atoms with E-state index >= 15 is 0 Å². The van der Waals surface area contributed by atoms with E-state index in [1.54, 1.807) is 4.90 Å². The van der Waals surface area contributed by atoms with Crippen LogP contribution in [-0.2, 0) is 20.0 Å². The van der Waals surface area contributed by atoms with Crippen LogP contribution < -0.4 is 4.90 Å². The number of rotatable bonds is 7. The minimum atomic E-state index is -6.72. The highest BCUT2D eigenvalue weighted by atomic mass is 32.3. The van der Waals surface area contributed by atoms with Crippen LogP contribution in [0.3, 0.4) is 0 Å². The van der Waals surface area contributed by atoms with Gasteiger partial charge in [-0.1, -0.05) is 19.8 Å². The third-order valence-corrected chi connectivity index (χ3v) is 6.25. The van der Waals surface area contributed by atoms with Crippen molar-refractivity contribution < 1.29 is 48.1 Å². The van der Waals surface area contributed by atoms with Gasteiger partial charge >= 0.3 is 11.0 Å². The zero-order valence-electron chi connectivity index (χ0n) is 14.8. The van der Waals surface area contributed by atoms with E-state index in [1.807, 2.05) is 0 Å². The Balaban J connectivity index is 0.000000511. The molecular formula is C12H23F6N3O4S2. The summed E-state index contributed by atoms with van der Waals surface area (Å²) in [6.07, 6.45) is 5.64. The van der Waals surface area contributed by atoms with Crippen LogP contribution in [0.4, 0.5) is 26.3 Å². The van der Waals surface area contributed by atoms with Gasteiger partial charge in [0.05, 0.1) is 19.6 Å². The molecule has 0 aromatic carbocycles. The topological polar surface area (TPSA) is 90.1 Å². The van der Waals surface area contributed by atoms with Gasteiger partial charge in [0, 0.05) is 0 Å². The van der Waals surface area contributed by atoms with Crippen LogP contribution >= 0.6 is 0 Å². The van der Waals surface area contributed by atoms with Gasteiger partial charge in [0.25, 0.3) is 0 Å². The van der Waals surface area contributed by atoms with Gasteiger partial charge in [0.1, 0.15) is 6.67 Å². The molecule has 0 aromatic rings. The molecule has 1 rings (SSSR count). The SMILES string of the molecule is CCCCCC[NH+]1CCN(C)C1.O=S(=O)([N-]S(=O)(=O)C(F)(F)F)C(F)(F)F. The van der Waals surface area contributed by atoms with Gasteiger partial charge in [0.15, 0.2) is 20.0 Å². The van der Waals surface area contributed by atoms with E-state index in [9.17, 15) is 43.2 Å². The Kier molecular flexibility index (Phi) is 9.98. The number of hydrogen-bond acceptors (Lipinski definition) is 5. The molecule has 15 heteroatoms. The molecule has 0 aliphatic carbocycles. The summed E-state index contributed by atoms with van der Waals surface area (Å²) >= 11 is 0. The Hall–Kier alpha value is -0.640. The summed E-state index contributed by atoms with van der Waals surface area (Å²) in [6.45, 7) is 7.60. The normalized spacial score (nSPS) is 19.6. The van der Waals surface area contributed by atoms with Crippen molar-refractivity contribution in [2.45, 2.75) is 43.6 Å². The van der Waals surface area contributed by atoms with Crippen LogP contribution in [0.2, 0.25) is 0 Å². The fourth-order valence-corrected chi connectivity index (χ4v) is 3.82. The van der Waals surface area contributed by atoms with Crippen LogP contribution in [0.25, 0.3) is 4.13 Å². The number of unbranched alkanes of at least 4 members (excludes halogenated alkanes) is 3. The summed E-state index contributed by atoms with van der Waals surface area (Å²) < 4.78 is 109. The van der Waals surface area contributed by atoms with E-state index in [1.165, 1.54) is 52.0 Å². The first-order valence-electron chi connectivity index (χ1n) is 7.92. The van der Waals surface area contributed by atoms with Crippen molar-refractivity contribution in [2.24, 2.45) is 0 Å². The highest BCUT2D eigenvalue weighted by Gasteiger charge is 2.46. The Labute approximate surface area is 154 Å². The van der Waals surface area contributed by atoms with Gasteiger partial charge in [-0.15, -0.1) is 0 Å². The van der Waals surface area contributed by atoms with Gasteiger partial charge in [0.2, 0.25) is 0 Å². The van der Waals surface area contributed by atoms with Crippen molar-refractivity contribution in [3.05, 3.63) is 4.13 Å². The molecule has 1 saturated heterocycles. The standard InChI is InChI=1S/C10H22N2.C2F6NO4S2/c1-3-4-5-6-7-12-9-8-11(2)10-12;3-1(4,5)14(10,11)9-15(12,13)2(6,7)8/h3-10H2,1-2H3;/q;-1/p+1. The third kappa shape index (κ3) is 9.40. The molecule has 1 heterocycles. The largest absolute Gasteiger partial charge is 0.480 e. The monoisotopic (exact) mass is 451 g/mol. The number of quaternary nitrogens is 1.